The Balaban J connectivity index is 1.50. The van der Waals surface area contributed by atoms with Gasteiger partial charge in [-0.25, -0.2) is 4.79 Å². The molecule has 9 heteroatoms. The number of benzene rings is 1. The Morgan fingerprint density at radius 3 is 2.53 bits per heavy atom. The highest BCUT2D eigenvalue weighted by Gasteiger charge is 2.27. The van der Waals surface area contributed by atoms with E-state index in [1.807, 2.05) is 26.8 Å². The number of thioether (sulfide) groups is 2. The van der Waals surface area contributed by atoms with Gasteiger partial charge >= 0.3 is 6.09 Å². The minimum atomic E-state index is -0.480. The summed E-state index contributed by atoms with van der Waals surface area (Å²) < 4.78 is 16.7. The quantitative estimate of drug-likeness (QED) is 0.562. The fraction of sp³-hybridized carbons (Fsp3) is 0.571. The molecule has 0 N–H and O–H groups in total. The molecule has 2 heterocycles. The van der Waals surface area contributed by atoms with Crippen LogP contribution in [0.25, 0.3) is 11.4 Å². The highest BCUT2D eigenvalue weighted by atomic mass is 32.2. The van der Waals surface area contributed by atoms with Crippen molar-refractivity contribution in [3.63, 3.8) is 0 Å². The van der Waals surface area contributed by atoms with E-state index >= 15 is 0 Å². The summed E-state index contributed by atoms with van der Waals surface area (Å²) in [6, 6.07) is 6.17. The molecule has 164 valence electrons. The number of aromatic nitrogens is 2. The standard InChI is InChI=1S/C21H29N3O4S2/c1-21(2,3)27-20(25)24-10-8-15(9-11-24)26-13-18-22-19(23-28-18)14-6-7-16(29-4)17(12-14)30-5/h6-7,12,15H,8-11,13H2,1-5H3. The SMILES string of the molecule is CSc1ccc(-c2noc(COC3CCN(C(=O)OC(C)(C)C)CC3)n2)cc1SC. The van der Waals surface area contributed by atoms with Crippen molar-refractivity contribution in [3.8, 4) is 11.4 Å². The van der Waals surface area contributed by atoms with Crippen molar-refractivity contribution < 1.29 is 18.8 Å². The molecule has 1 fully saturated rings. The largest absolute Gasteiger partial charge is 0.444 e. The van der Waals surface area contributed by atoms with Gasteiger partial charge in [-0.1, -0.05) is 5.16 Å². The second-order valence-electron chi connectivity index (χ2n) is 8.06. The highest BCUT2D eigenvalue weighted by Crippen LogP contribution is 2.31. The van der Waals surface area contributed by atoms with Crippen LogP contribution in [-0.2, 0) is 16.1 Å². The summed E-state index contributed by atoms with van der Waals surface area (Å²) in [5.74, 6) is 1.02. The van der Waals surface area contributed by atoms with Crippen molar-refractivity contribution in [2.24, 2.45) is 0 Å². The molecule has 3 rings (SSSR count). The molecule has 1 aliphatic heterocycles. The lowest BCUT2D eigenvalue weighted by molar-refractivity contribution is -0.0231. The molecule has 0 saturated carbocycles. The zero-order valence-electron chi connectivity index (χ0n) is 18.1. The van der Waals surface area contributed by atoms with Crippen molar-refractivity contribution in [1.82, 2.24) is 15.0 Å². The molecule has 0 radical (unpaired) electrons. The topological polar surface area (TPSA) is 77.7 Å². The van der Waals surface area contributed by atoms with Gasteiger partial charge in [0.25, 0.3) is 5.89 Å². The third-order valence-corrected chi connectivity index (χ3v) is 6.35. The Morgan fingerprint density at radius 1 is 1.20 bits per heavy atom. The van der Waals surface area contributed by atoms with Crippen molar-refractivity contribution >= 4 is 29.6 Å². The van der Waals surface area contributed by atoms with E-state index in [1.54, 1.807) is 28.4 Å². The third-order valence-electron chi connectivity index (χ3n) is 4.65. The first-order valence-electron chi connectivity index (χ1n) is 9.93. The molecule has 1 aromatic carbocycles. The highest BCUT2D eigenvalue weighted by molar-refractivity contribution is 8.01. The van der Waals surface area contributed by atoms with E-state index in [9.17, 15) is 4.79 Å². The number of likely N-dealkylation sites (tertiary alicyclic amines) is 1. The zero-order valence-corrected chi connectivity index (χ0v) is 19.8. The van der Waals surface area contributed by atoms with Gasteiger partial charge in [0, 0.05) is 28.4 Å². The Kier molecular flexibility index (Phi) is 7.70. The minimum absolute atomic E-state index is 0.0583. The van der Waals surface area contributed by atoms with E-state index in [2.05, 4.69) is 34.8 Å². The Labute approximate surface area is 186 Å². The number of ether oxygens (including phenoxy) is 2. The van der Waals surface area contributed by atoms with Crippen LogP contribution in [0.2, 0.25) is 0 Å². The van der Waals surface area contributed by atoms with Crippen LogP contribution in [0.3, 0.4) is 0 Å². The molecule has 0 atom stereocenters. The van der Waals surface area contributed by atoms with Crippen LogP contribution in [0.4, 0.5) is 4.79 Å². The summed E-state index contributed by atoms with van der Waals surface area (Å²) in [7, 11) is 0. The molecule has 7 nitrogen and oxygen atoms in total. The van der Waals surface area contributed by atoms with Gasteiger partial charge in [0.05, 0.1) is 6.10 Å². The molecule has 1 saturated heterocycles. The molecule has 0 spiro atoms. The van der Waals surface area contributed by atoms with E-state index in [-0.39, 0.29) is 18.8 Å². The smallest absolute Gasteiger partial charge is 0.410 e. The lowest BCUT2D eigenvalue weighted by Gasteiger charge is -2.33. The maximum atomic E-state index is 12.2. The minimum Gasteiger partial charge on any atom is -0.444 e. The summed E-state index contributed by atoms with van der Waals surface area (Å²) in [6.07, 6.45) is 5.43. The van der Waals surface area contributed by atoms with Gasteiger partial charge in [-0.2, -0.15) is 4.98 Å². The number of hydrogen-bond acceptors (Lipinski definition) is 8. The van der Waals surface area contributed by atoms with E-state index in [1.165, 1.54) is 9.79 Å². The lowest BCUT2D eigenvalue weighted by Crippen LogP contribution is -2.43. The predicted octanol–water partition coefficient (Wildman–Crippen LogP) is 5.10. The van der Waals surface area contributed by atoms with Crippen LogP contribution in [0.1, 0.15) is 39.5 Å². The Morgan fingerprint density at radius 2 is 1.90 bits per heavy atom. The average Bonchev–Trinajstić information content (AvgIpc) is 3.20. The normalized spacial score (nSPS) is 15.4. The molecule has 1 aliphatic rings. The molecule has 0 aliphatic carbocycles. The molecule has 1 aromatic heterocycles. The Hall–Kier alpha value is -1.71. The summed E-state index contributed by atoms with van der Waals surface area (Å²) in [6.45, 7) is 7.12. The molecule has 1 amide bonds. The van der Waals surface area contributed by atoms with Crippen molar-refractivity contribution in [1.29, 1.82) is 0 Å². The number of amides is 1. The summed E-state index contributed by atoms with van der Waals surface area (Å²) in [4.78, 5) is 20.8. The first-order chi connectivity index (χ1) is 14.3. The summed E-state index contributed by atoms with van der Waals surface area (Å²) >= 11 is 3.42. The van der Waals surface area contributed by atoms with Crippen LogP contribution >= 0.6 is 23.5 Å². The first kappa shape index (κ1) is 23.0. The van der Waals surface area contributed by atoms with Gasteiger partial charge in [0.2, 0.25) is 5.82 Å². The van der Waals surface area contributed by atoms with Crippen molar-refractivity contribution in [2.45, 2.75) is 61.7 Å². The van der Waals surface area contributed by atoms with Crippen LogP contribution in [0.5, 0.6) is 0 Å². The van der Waals surface area contributed by atoms with Gasteiger partial charge in [-0.15, -0.1) is 23.5 Å². The second-order valence-corrected chi connectivity index (χ2v) is 9.76. The van der Waals surface area contributed by atoms with Crippen molar-refractivity contribution in [2.75, 3.05) is 25.6 Å². The van der Waals surface area contributed by atoms with Gasteiger partial charge in [-0.3, -0.25) is 0 Å². The molecule has 2 aromatic rings. The number of carbonyl (C=O) groups is 1. The lowest BCUT2D eigenvalue weighted by atomic mass is 10.1. The molecular formula is C21H29N3O4S2. The maximum Gasteiger partial charge on any atom is 0.410 e. The van der Waals surface area contributed by atoms with E-state index in [0.29, 0.717) is 24.8 Å². The number of rotatable bonds is 6. The summed E-state index contributed by atoms with van der Waals surface area (Å²) in [5.41, 5.74) is 0.449. The third kappa shape index (κ3) is 6.15. The zero-order chi connectivity index (χ0) is 21.7. The first-order valence-corrected chi connectivity index (χ1v) is 12.4. The monoisotopic (exact) mass is 451 g/mol. The summed E-state index contributed by atoms with van der Waals surface area (Å²) in [5, 5.41) is 4.10. The second kappa shape index (κ2) is 10.1. The van der Waals surface area contributed by atoms with Gasteiger partial charge in [0.15, 0.2) is 0 Å². The number of piperidine rings is 1. The average molecular weight is 452 g/mol. The fourth-order valence-corrected chi connectivity index (χ4v) is 4.60. The van der Waals surface area contributed by atoms with Gasteiger partial charge in [-0.05, 0) is 64.3 Å². The fourth-order valence-electron chi connectivity index (χ4n) is 3.13. The van der Waals surface area contributed by atoms with Crippen molar-refractivity contribution in [3.05, 3.63) is 24.1 Å². The Bertz CT molecular complexity index is 858. The van der Waals surface area contributed by atoms with Gasteiger partial charge in [0.1, 0.15) is 12.2 Å². The predicted molar refractivity (Wildman–Crippen MR) is 119 cm³/mol. The van der Waals surface area contributed by atoms with E-state index < -0.39 is 5.60 Å². The number of hydrogen-bond donors (Lipinski definition) is 0. The van der Waals surface area contributed by atoms with Crippen LogP contribution < -0.4 is 0 Å². The molecular weight excluding hydrogens is 422 g/mol. The van der Waals surface area contributed by atoms with Crippen LogP contribution in [0.15, 0.2) is 32.5 Å². The maximum absolute atomic E-state index is 12.2. The van der Waals surface area contributed by atoms with E-state index in [0.717, 1.165) is 18.4 Å². The molecule has 0 bridgehead atoms. The van der Waals surface area contributed by atoms with E-state index in [4.69, 9.17) is 14.0 Å². The molecule has 0 unspecified atom stereocenters. The number of nitrogens with zero attached hydrogens (tertiary/aromatic N) is 3. The van der Waals surface area contributed by atoms with Crippen LogP contribution in [-0.4, -0.2) is 58.4 Å². The number of carbonyl (C=O) groups excluding carboxylic acids is 1. The van der Waals surface area contributed by atoms with Gasteiger partial charge < -0.3 is 18.9 Å². The molecule has 30 heavy (non-hydrogen) atoms. The van der Waals surface area contributed by atoms with Crippen LogP contribution in [0, 0.1) is 0 Å².